The second-order valence-electron chi connectivity index (χ2n) is 10.2. The molecule has 5 rings (SSSR count). The molecule has 0 aliphatic carbocycles. The summed E-state index contributed by atoms with van der Waals surface area (Å²) in [5.74, 6) is 1.68. The Balaban J connectivity index is 1.34. The molecule has 198 valence electrons. The van der Waals surface area contributed by atoms with Crippen molar-refractivity contribution in [2.75, 3.05) is 34.4 Å². The molecule has 3 aromatic rings. The molecule has 0 unspecified atom stereocenters. The summed E-state index contributed by atoms with van der Waals surface area (Å²) in [4.78, 5) is 28.8. The zero-order chi connectivity index (χ0) is 27.0. The third-order valence-electron chi connectivity index (χ3n) is 7.60. The number of methoxy groups -OCH3 is 3. The number of nitrogens with zero attached hydrogens (tertiary/aromatic N) is 3. The first-order chi connectivity index (χ1) is 18.3. The van der Waals surface area contributed by atoms with E-state index in [1.54, 1.807) is 26.3 Å². The van der Waals surface area contributed by atoms with E-state index >= 15 is 0 Å². The van der Waals surface area contributed by atoms with Crippen LogP contribution in [-0.2, 0) is 4.79 Å². The molecular formula is C30H33N3O5. The van der Waals surface area contributed by atoms with Crippen LogP contribution in [0.1, 0.15) is 42.6 Å². The molecule has 2 aliphatic rings. The minimum absolute atomic E-state index is 0.0386. The summed E-state index contributed by atoms with van der Waals surface area (Å²) in [6, 6.07) is 17.2. The Kier molecular flexibility index (Phi) is 6.73. The topological polar surface area (TPSA) is 80.7 Å². The smallest absolute Gasteiger partial charge is 0.257 e. The fraction of sp³-hybridized carbons (Fsp3) is 0.367. The average molecular weight is 516 g/mol. The molecule has 3 aromatic carbocycles. The Morgan fingerprint density at radius 2 is 1.50 bits per heavy atom. The Bertz CT molecular complexity index is 1420. The van der Waals surface area contributed by atoms with Crippen molar-refractivity contribution in [3.63, 3.8) is 0 Å². The van der Waals surface area contributed by atoms with Gasteiger partial charge >= 0.3 is 0 Å². The molecule has 2 amide bonds. The molecule has 0 bridgehead atoms. The molecule has 0 saturated carbocycles. The Hall–Kier alpha value is -4.07. The van der Waals surface area contributed by atoms with Crippen molar-refractivity contribution >= 4 is 28.3 Å². The van der Waals surface area contributed by atoms with Gasteiger partial charge in [0.25, 0.3) is 11.8 Å². The normalized spacial score (nSPS) is 17.5. The molecule has 2 aliphatic heterocycles. The lowest BCUT2D eigenvalue weighted by Gasteiger charge is -2.35. The van der Waals surface area contributed by atoms with Gasteiger partial charge in [0.1, 0.15) is 5.75 Å². The average Bonchev–Trinajstić information content (AvgIpc) is 3.19. The minimum Gasteiger partial charge on any atom is -0.496 e. The summed E-state index contributed by atoms with van der Waals surface area (Å²) < 4.78 is 16.4. The van der Waals surface area contributed by atoms with E-state index in [1.807, 2.05) is 73.3 Å². The fourth-order valence-corrected chi connectivity index (χ4v) is 5.35. The van der Waals surface area contributed by atoms with Crippen LogP contribution in [0.25, 0.3) is 10.8 Å². The maximum atomic E-state index is 13.5. The number of piperidine rings is 1. The van der Waals surface area contributed by atoms with Gasteiger partial charge in [-0.2, -0.15) is 5.10 Å². The number of fused-ring (bicyclic) bond motifs is 1. The van der Waals surface area contributed by atoms with E-state index in [1.165, 1.54) is 0 Å². The third-order valence-corrected chi connectivity index (χ3v) is 7.60. The molecular weight excluding hydrogens is 482 g/mol. The number of hydrazone groups is 1. The van der Waals surface area contributed by atoms with Crippen molar-refractivity contribution in [2.24, 2.45) is 10.5 Å². The SMILES string of the molecule is COc1ccc(C2=NN(C3CCN(C(=O)c4cc5ccccc5cc4OC)CC3)C(=O)C2(C)C)cc1OC. The summed E-state index contributed by atoms with van der Waals surface area (Å²) >= 11 is 0. The Morgan fingerprint density at radius 3 is 2.13 bits per heavy atom. The van der Waals surface area contributed by atoms with Crippen molar-refractivity contribution in [1.82, 2.24) is 9.91 Å². The maximum absolute atomic E-state index is 13.5. The number of hydrogen-bond acceptors (Lipinski definition) is 6. The fourth-order valence-electron chi connectivity index (χ4n) is 5.35. The van der Waals surface area contributed by atoms with E-state index in [-0.39, 0.29) is 17.9 Å². The second-order valence-corrected chi connectivity index (χ2v) is 10.2. The number of rotatable bonds is 6. The van der Waals surface area contributed by atoms with Crippen LogP contribution in [0, 0.1) is 5.41 Å². The van der Waals surface area contributed by atoms with Crippen LogP contribution in [0.4, 0.5) is 0 Å². The molecule has 1 fully saturated rings. The lowest BCUT2D eigenvalue weighted by Crippen LogP contribution is -2.47. The van der Waals surface area contributed by atoms with Gasteiger partial charge < -0.3 is 19.1 Å². The van der Waals surface area contributed by atoms with Gasteiger partial charge in [0, 0.05) is 18.7 Å². The summed E-state index contributed by atoms with van der Waals surface area (Å²) in [6.07, 6.45) is 1.29. The predicted octanol–water partition coefficient (Wildman–Crippen LogP) is 4.74. The van der Waals surface area contributed by atoms with E-state index < -0.39 is 5.41 Å². The van der Waals surface area contributed by atoms with Gasteiger partial charge in [-0.15, -0.1) is 0 Å². The van der Waals surface area contributed by atoms with Gasteiger partial charge in [0.2, 0.25) is 0 Å². The molecule has 8 heteroatoms. The standard InChI is InChI=1S/C30H33N3O5/c1-30(2)27(21-10-11-24(36-3)26(18-21)38-5)31-33(29(30)35)22-12-14-32(15-13-22)28(34)23-16-19-8-6-7-9-20(19)17-25(23)37-4/h6-11,16-18,22H,12-15H2,1-5H3. The molecule has 2 heterocycles. The maximum Gasteiger partial charge on any atom is 0.257 e. The zero-order valence-electron chi connectivity index (χ0n) is 22.5. The van der Waals surface area contributed by atoms with Crippen LogP contribution in [0.5, 0.6) is 17.2 Å². The third kappa shape index (κ3) is 4.34. The van der Waals surface area contributed by atoms with E-state index in [0.29, 0.717) is 54.5 Å². The minimum atomic E-state index is -0.787. The summed E-state index contributed by atoms with van der Waals surface area (Å²) in [5.41, 5.74) is 1.28. The highest BCUT2D eigenvalue weighted by Crippen LogP contribution is 2.38. The van der Waals surface area contributed by atoms with Crippen molar-refractivity contribution in [3.8, 4) is 17.2 Å². The van der Waals surface area contributed by atoms with E-state index in [9.17, 15) is 9.59 Å². The number of amides is 2. The van der Waals surface area contributed by atoms with Crippen molar-refractivity contribution in [1.29, 1.82) is 0 Å². The first-order valence-electron chi connectivity index (χ1n) is 12.8. The largest absolute Gasteiger partial charge is 0.496 e. The lowest BCUT2D eigenvalue weighted by atomic mass is 9.83. The molecule has 0 atom stereocenters. The Morgan fingerprint density at radius 1 is 0.868 bits per heavy atom. The van der Waals surface area contributed by atoms with Crippen LogP contribution in [-0.4, -0.2) is 67.9 Å². The van der Waals surface area contributed by atoms with Gasteiger partial charge in [0.15, 0.2) is 11.5 Å². The quantitative estimate of drug-likeness (QED) is 0.474. The number of carbonyl (C=O) groups is 2. The van der Waals surface area contributed by atoms with Gasteiger partial charge in [-0.25, -0.2) is 5.01 Å². The van der Waals surface area contributed by atoms with Crippen LogP contribution in [0.2, 0.25) is 0 Å². The number of ether oxygens (including phenoxy) is 3. The number of likely N-dealkylation sites (tertiary alicyclic amines) is 1. The van der Waals surface area contributed by atoms with Crippen LogP contribution in [0.15, 0.2) is 59.7 Å². The highest BCUT2D eigenvalue weighted by molar-refractivity contribution is 6.19. The van der Waals surface area contributed by atoms with Crippen molar-refractivity contribution < 1.29 is 23.8 Å². The number of hydrogen-bond donors (Lipinski definition) is 0. The first-order valence-corrected chi connectivity index (χ1v) is 12.8. The molecule has 8 nitrogen and oxygen atoms in total. The van der Waals surface area contributed by atoms with Crippen molar-refractivity contribution in [3.05, 3.63) is 65.7 Å². The van der Waals surface area contributed by atoms with Crippen molar-refractivity contribution in [2.45, 2.75) is 32.7 Å². The van der Waals surface area contributed by atoms with Crippen LogP contribution in [0.3, 0.4) is 0 Å². The molecule has 0 radical (unpaired) electrons. The van der Waals surface area contributed by atoms with Gasteiger partial charge in [-0.3, -0.25) is 9.59 Å². The van der Waals surface area contributed by atoms with Gasteiger partial charge in [0.05, 0.1) is 44.1 Å². The van der Waals surface area contributed by atoms with Crippen LogP contribution >= 0.6 is 0 Å². The van der Waals surface area contributed by atoms with Gasteiger partial charge in [-0.1, -0.05) is 24.3 Å². The predicted molar refractivity (Wildman–Crippen MR) is 146 cm³/mol. The monoisotopic (exact) mass is 515 g/mol. The highest BCUT2D eigenvalue weighted by atomic mass is 16.5. The summed E-state index contributed by atoms with van der Waals surface area (Å²) in [5, 5.41) is 8.47. The summed E-state index contributed by atoms with van der Waals surface area (Å²) in [6.45, 7) is 4.86. The van der Waals surface area contributed by atoms with E-state index in [2.05, 4.69) is 0 Å². The first kappa shape index (κ1) is 25.6. The van der Waals surface area contributed by atoms with E-state index in [4.69, 9.17) is 19.3 Å². The number of benzene rings is 3. The lowest BCUT2D eigenvalue weighted by molar-refractivity contribution is -0.137. The van der Waals surface area contributed by atoms with Gasteiger partial charge in [-0.05, 0) is 67.8 Å². The molecule has 0 spiro atoms. The molecule has 0 aromatic heterocycles. The highest BCUT2D eigenvalue weighted by Gasteiger charge is 2.47. The zero-order valence-corrected chi connectivity index (χ0v) is 22.5. The Labute approximate surface area is 222 Å². The van der Waals surface area contributed by atoms with Crippen LogP contribution < -0.4 is 14.2 Å². The second kappa shape index (κ2) is 10.0. The molecule has 1 saturated heterocycles. The molecule has 38 heavy (non-hydrogen) atoms. The summed E-state index contributed by atoms with van der Waals surface area (Å²) in [7, 11) is 4.76. The van der Waals surface area contributed by atoms with E-state index in [0.717, 1.165) is 16.3 Å². The number of carbonyl (C=O) groups excluding carboxylic acids is 2. The molecule has 0 N–H and O–H groups in total.